The van der Waals surface area contributed by atoms with E-state index in [0.717, 1.165) is 98.5 Å². The molecule has 1 spiro atoms. The molecule has 6 aliphatic rings. The Kier molecular flexibility index (Phi) is 5.70. The number of fused-ring (bicyclic) bond motifs is 6. The van der Waals surface area contributed by atoms with Crippen molar-refractivity contribution >= 4 is 17.4 Å². The lowest BCUT2D eigenvalue weighted by atomic mass is 9.68. The van der Waals surface area contributed by atoms with E-state index in [0.29, 0.717) is 37.4 Å². The Morgan fingerprint density at radius 1 is 1.03 bits per heavy atom. The number of rotatable bonds is 4. The summed E-state index contributed by atoms with van der Waals surface area (Å²) in [5, 5.41) is 4.43. The monoisotopic (exact) mass is 555 g/mol. The lowest BCUT2D eigenvalue weighted by molar-refractivity contribution is 0.105. The number of anilines is 1. The average molecular weight is 556 g/mol. The molecule has 9 heteroatoms. The van der Waals surface area contributed by atoms with E-state index in [4.69, 9.17) is 26.3 Å². The van der Waals surface area contributed by atoms with Crippen molar-refractivity contribution in [3.05, 3.63) is 45.6 Å². The van der Waals surface area contributed by atoms with Crippen LogP contribution in [0.1, 0.15) is 73.5 Å². The first-order chi connectivity index (χ1) is 18.9. The number of hydrogen-bond donors (Lipinski definition) is 1. The number of alkyl halides is 2. The summed E-state index contributed by atoms with van der Waals surface area (Å²) in [6.07, 6.45) is 5.66. The standard InChI is InChI=1S/C30H36ClF2N5O/c31-24-4-1-3-23-21(24)7-10-30(23)11-8-22-25(26(30)33)35-28(36-27(22)37-15-19-5-6-20(16-37)34-19)39-17-29-9-2-12-38(29)14-18(32)13-29/h1,3-4,18-20,26,34H,2,5-17H2/t18-,19-,20+,26+,29+,30-/m1/s1. The molecule has 1 N–H and O–H groups in total. The molecule has 0 saturated carbocycles. The Bertz CT molecular complexity index is 1300. The molecule has 1 aromatic heterocycles. The number of halogens is 3. The van der Waals surface area contributed by atoms with Crippen LogP contribution in [0.2, 0.25) is 5.02 Å². The summed E-state index contributed by atoms with van der Waals surface area (Å²) in [6, 6.07) is 7.02. The summed E-state index contributed by atoms with van der Waals surface area (Å²) in [5.41, 5.74) is 2.61. The van der Waals surface area contributed by atoms with Crippen molar-refractivity contribution in [3.63, 3.8) is 0 Å². The molecule has 6 nitrogen and oxygen atoms in total. The number of nitrogens with one attached hydrogen (secondary N) is 1. The number of benzene rings is 1. The van der Waals surface area contributed by atoms with Gasteiger partial charge in [-0.05, 0) is 75.1 Å². The SMILES string of the molecule is F[C@H]1CN2CCC[C@@]2(COc2nc3c(c(N4C[C@H]5CC[C@@H](C4)N5)n2)CC[C@@]2(CCc4c(Cl)cccc42)[C@H]3F)C1. The Morgan fingerprint density at radius 3 is 2.64 bits per heavy atom. The number of nitrogens with zero attached hydrogens (tertiary/aromatic N) is 4. The Labute approximate surface area is 233 Å². The van der Waals surface area contributed by atoms with E-state index in [1.165, 1.54) is 0 Å². The minimum Gasteiger partial charge on any atom is -0.461 e. The second-order valence-electron chi connectivity index (χ2n) is 12.9. The third-order valence-corrected chi connectivity index (χ3v) is 11.1. The molecule has 0 radical (unpaired) electrons. The van der Waals surface area contributed by atoms with E-state index in [1.807, 2.05) is 12.1 Å². The lowest BCUT2D eigenvalue weighted by Gasteiger charge is -2.41. The largest absolute Gasteiger partial charge is 0.461 e. The molecule has 208 valence electrons. The van der Waals surface area contributed by atoms with Gasteiger partial charge in [-0.3, -0.25) is 4.90 Å². The maximum atomic E-state index is 17.0. The quantitative estimate of drug-likeness (QED) is 0.581. The second-order valence-corrected chi connectivity index (χ2v) is 13.3. The van der Waals surface area contributed by atoms with Gasteiger partial charge >= 0.3 is 6.01 Å². The third-order valence-electron chi connectivity index (χ3n) is 10.8. The molecular weight excluding hydrogens is 520 g/mol. The fraction of sp³-hybridized carbons (Fsp3) is 0.667. The molecule has 1 aromatic carbocycles. The molecule has 0 amide bonds. The van der Waals surface area contributed by atoms with Crippen LogP contribution in [0.25, 0.3) is 0 Å². The van der Waals surface area contributed by atoms with Crippen LogP contribution in [0.15, 0.2) is 18.2 Å². The summed E-state index contributed by atoms with van der Waals surface area (Å²) in [7, 11) is 0. The first-order valence-corrected chi connectivity index (χ1v) is 15.2. The van der Waals surface area contributed by atoms with Gasteiger partial charge in [-0.1, -0.05) is 23.7 Å². The van der Waals surface area contributed by atoms with Gasteiger partial charge in [-0.15, -0.1) is 0 Å². The number of piperazine rings is 1. The number of aromatic nitrogens is 2. The predicted molar refractivity (Wildman–Crippen MR) is 146 cm³/mol. The second kappa shape index (κ2) is 8.98. The highest BCUT2D eigenvalue weighted by molar-refractivity contribution is 6.31. The Morgan fingerprint density at radius 2 is 1.82 bits per heavy atom. The van der Waals surface area contributed by atoms with E-state index in [1.54, 1.807) is 0 Å². The van der Waals surface area contributed by atoms with Crippen molar-refractivity contribution in [3.8, 4) is 6.01 Å². The van der Waals surface area contributed by atoms with Crippen LogP contribution in [-0.4, -0.2) is 71.4 Å². The van der Waals surface area contributed by atoms with Crippen LogP contribution in [0, 0.1) is 0 Å². The molecule has 2 aliphatic carbocycles. The fourth-order valence-corrected chi connectivity index (χ4v) is 9.15. The van der Waals surface area contributed by atoms with Crippen molar-refractivity contribution < 1.29 is 13.5 Å². The highest BCUT2D eigenvalue weighted by Crippen LogP contribution is 2.57. The topological polar surface area (TPSA) is 53.5 Å². The van der Waals surface area contributed by atoms with E-state index in [2.05, 4.69) is 21.2 Å². The molecule has 4 aliphatic heterocycles. The van der Waals surface area contributed by atoms with Crippen LogP contribution < -0.4 is 15.0 Å². The first-order valence-electron chi connectivity index (χ1n) is 14.8. The smallest absolute Gasteiger partial charge is 0.318 e. The molecule has 6 atom stereocenters. The van der Waals surface area contributed by atoms with Crippen molar-refractivity contribution in [1.29, 1.82) is 0 Å². The zero-order chi connectivity index (χ0) is 26.4. The van der Waals surface area contributed by atoms with Gasteiger partial charge in [0, 0.05) is 54.1 Å². The highest BCUT2D eigenvalue weighted by Gasteiger charge is 2.52. The summed E-state index contributed by atoms with van der Waals surface area (Å²) >= 11 is 6.55. The molecule has 0 unspecified atom stereocenters. The van der Waals surface area contributed by atoms with Crippen molar-refractivity contribution in [2.75, 3.05) is 37.7 Å². The molecule has 8 rings (SSSR count). The molecule has 2 bridgehead atoms. The van der Waals surface area contributed by atoms with Crippen LogP contribution >= 0.6 is 11.6 Å². The van der Waals surface area contributed by atoms with E-state index < -0.39 is 17.8 Å². The van der Waals surface area contributed by atoms with E-state index >= 15 is 4.39 Å². The fourth-order valence-electron chi connectivity index (χ4n) is 8.88. The van der Waals surface area contributed by atoms with Gasteiger partial charge in [-0.2, -0.15) is 9.97 Å². The average Bonchev–Trinajstić information content (AvgIpc) is 3.67. The minimum atomic E-state index is -1.26. The summed E-state index contributed by atoms with van der Waals surface area (Å²) in [4.78, 5) is 14.4. The van der Waals surface area contributed by atoms with Gasteiger partial charge in [0.15, 0.2) is 6.17 Å². The van der Waals surface area contributed by atoms with E-state index in [-0.39, 0.29) is 11.5 Å². The molecule has 39 heavy (non-hydrogen) atoms. The zero-order valence-corrected chi connectivity index (χ0v) is 23.0. The van der Waals surface area contributed by atoms with Gasteiger partial charge in [-0.25, -0.2) is 8.78 Å². The van der Waals surface area contributed by atoms with Crippen LogP contribution in [0.4, 0.5) is 14.6 Å². The lowest BCUT2D eigenvalue weighted by Crippen LogP contribution is -2.52. The number of ether oxygens (including phenoxy) is 1. The van der Waals surface area contributed by atoms with Gasteiger partial charge in [0.2, 0.25) is 0 Å². The van der Waals surface area contributed by atoms with Gasteiger partial charge in [0.25, 0.3) is 0 Å². The van der Waals surface area contributed by atoms with Crippen molar-refractivity contribution in [2.45, 2.75) is 93.2 Å². The normalized spacial score (nSPS) is 36.8. The first kappa shape index (κ1) is 24.7. The molecule has 4 fully saturated rings. The summed E-state index contributed by atoms with van der Waals surface area (Å²) in [6.45, 7) is 3.45. The molecular formula is C30H36ClF2N5O. The van der Waals surface area contributed by atoms with Crippen LogP contribution in [-0.2, 0) is 18.3 Å². The van der Waals surface area contributed by atoms with Crippen molar-refractivity contribution in [1.82, 2.24) is 20.2 Å². The van der Waals surface area contributed by atoms with Gasteiger partial charge < -0.3 is 15.0 Å². The van der Waals surface area contributed by atoms with Gasteiger partial charge in [0.1, 0.15) is 18.6 Å². The Hall–Kier alpha value is -2.03. The maximum absolute atomic E-state index is 17.0. The molecule has 5 heterocycles. The molecule has 4 saturated heterocycles. The number of hydrogen-bond acceptors (Lipinski definition) is 6. The maximum Gasteiger partial charge on any atom is 0.318 e. The van der Waals surface area contributed by atoms with Gasteiger partial charge in [0.05, 0.1) is 11.2 Å². The van der Waals surface area contributed by atoms with Crippen LogP contribution in [0.5, 0.6) is 6.01 Å². The van der Waals surface area contributed by atoms with Crippen LogP contribution in [0.3, 0.4) is 0 Å². The Balaban J connectivity index is 1.18. The zero-order valence-electron chi connectivity index (χ0n) is 22.3. The predicted octanol–water partition coefficient (Wildman–Crippen LogP) is 4.87. The minimum absolute atomic E-state index is 0.238. The summed E-state index contributed by atoms with van der Waals surface area (Å²) < 4.78 is 37.7. The third kappa shape index (κ3) is 3.77. The highest BCUT2D eigenvalue weighted by atomic mass is 35.5. The molecule has 2 aromatic rings. The van der Waals surface area contributed by atoms with Crippen molar-refractivity contribution in [2.24, 2.45) is 0 Å². The van der Waals surface area contributed by atoms with E-state index in [9.17, 15) is 4.39 Å². The summed E-state index contributed by atoms with van der Waals surface area (Å²) in [5.74, 6) is 0.839.